The Morgan fingerprint density at radius 2 is 1.71 bits per heavy atom. The number of hydrogen-bond donors (Lipinski definition) is 1. The lowest BCUT2D eigenvalue weighted by atomic mass is 10.00. The Morgan fingerprint density at radius 1 is 1.06 bits per heavy atom. The van der Waals surface area contributed by atoms with Crippen molar-refractivity contribution in [2.45, 2.75) is 40.2 Å². The summed E-state index contributed by atoms with van der Waals surface area (Å²) >= 11 is 1.93. The van der Waals surface area contributed by atoms with Crippen molar-refractivity contribution in [3.63, 3.8) is 0 Å². The lowest BCUT2D eigenvalue weighted by Crippen LogP contribution is -2.16. The van der Waals surface area contributed by atoms with Gasteiger partial charge in [0.15, 0.2) is 0 Å². The van der Waals surface area contributed by atoms with Crippen LogP contribution in [0.5, 0.6) is 0 Å². The summed E-state index contributed by atoms with van der Waals surface area (Å²) in [5.41, 5.74) is 5.67. The first-order chi connectivity index (χ1) is 8.15. The second-order valence-electron chi connectivity index (χ2n) is 4.75. The molecule has 96 valence electrons. The molecule has 0 spiro atoms. The van der Waals surface area contributed by atoms with E-state index in [0.29, 0.717) is 0 Å². The minimum absolute atomic E-state index is 1.01. The summed E-state index contributed by atoms with van der Waals surface area (Å²) in [6.45, 7) is 8.74. The summed E-state index contributed by atoms with van der Waals surface area (Å²) in [5.74, 6) is 1.28. The molecule has 0 aliphatic rings. The molecule has 0 bridgehead atoms. The first-order valence-corrected chi connectivity index (χ1v) is 7.81. The van der Waals surface area contributed by atoms with E-state index in [-0.39, 0.29) is 0 Å². The first-order valence-electron chi connectivity index (χ1n) is 6.41. The highest BCUT2D eigenvalue weighted by Gasteiger charge is 2.02. The zero-order valence-corrected chi connectivity index (χ0v) is 12.4. The molecule has 1 nitrogen and oxygen atoms in total. The van der Waals surface area contributed by atoms with Crippen LogP contribution < -0.4 is 5.32 Å². The topological polar surface area (TPSA) is 12.0 Å². The highest BCUT2D eigenvalue weighted by Crippen LogP contribution is 2.15. The summed E-state index contributed by atoms with van der Waals surface area (Å²) in [6, 6.07) is 4.55. The van der Waals surface area contributed by atoms with E-state index in [4.69, 9.17) is 0 Å². The maximum absolute atomic E-state index is 3.55. The van der Waals surface area contributed by atoms with Gasteiger partial charge in [-0.2, -0.15) is 11.8 Å². The Labute approximate surface area is 110 Å². The Hall–Kier alpha value is -0.470. The third kappa shape index (κ3) is 5.13. The molecular formula is C15H25NS. The van der Waals surface area contributed by atoms with E-state index in [2.05, 4.69) is 44.5 Å². The molecule has 0 unspecified atom stereocenters. The minimum atomic E-state index is 1.01. The lowest BCUT2D eigenvalue weighted by Gasteiger charge is -2.12. The molecule has 0 saturated heterocycles. The third-order valence-electron chi connectivity index (χ3n) is 3.09. The van der Waals surface area contributed by atoms with Crippen LogP contribution >= 0.6 is 11.8 Å². The quantitative estimate of drug-likeness (QED) is 0.739. The van der Waals surface area contributed by atoms with Crippen molar-refractivity contribution in [3.8, 4) is 0 Å². The second-order valence-corrected chi connectivity index (χ2v) is 5.74. The van der Waals surface area contributed by atoms with Crippen LogP contribution in [0.4, 0.5) is 0 Å². The van der Waals surface area contributed by atoms with E-state index in [1.807, 2.05) is 11.8 Å². The molecule has 0 amide bonds. The molecule has 0 aliphatic carbocycles. The number of nitrogens with one attached hydrogen (secondary N) is 1. The maximum atomic E-state index is 3.55. The molecule has 1 N–H and O–H groups in total. The van der Waals surface area contributed by atoms with Crippen molar-refractivity contribution in [2.75, 3.05) is 18.6 Å². The number of aryl methyl sites for hydroxylation is 3. The van der Waals surface area contributed by atoms with Gasteiger partial charge in [-0.15, -0.1) is 0 Å². The van der Waals surface area contributed by atoms with Crippen LogP contribution in [0.15, 0.2) is 12.1 Å². The number of unbranched alkanes of at least 4 members (excludes halogenated alkanes) is 1. The largest absolute Gasteiger partial charge is 0.313 e. The standard InChI is InChI=1S/C15H25NS/c1-12-9-13(2)15(14(3)10-12)11-16-7-5-6-8-17-4/h9-10,16H,5-8,11H2,1-4H3. The predicted molar refractivity (Wildman–Crippen MR) is 80.0 cm³/mol. The molecule has 1 aromatic rings. The molecule has 0 aromatic heterocycles. The monoisotopic (exact) mass is 251 g/mol. The van der Waals surface area contributed by atoms with Gasteiger partial charge in [0.2, 0.25) is 0 Å². The van der Waals surface area contributed by atoms with Crippen molar-refractivity contribution in [1.29, 1.82) is 0 Å². The van der Waals surface area contributed by atoms with E-state index in [9.17, 15) is 0 Å². The molecule has 0 heterocycles. The predicted octanol–water partition coefficient (Wildman–Crippen LogP) is 3.84. The van der Waals surface area contributed by atoms with E-state index < -0.39 is 0 Å². The van der Waals surface area contributed by atoms with Crippen molar-refractivity contribution >= 4 is 11.8 Å². The van der Waals surface area contributed by atoms with Crippen LogP contribution in [-0.2, 0) is 6.54 Å². The Bertz CT molecular complexity index is 324. The minimum Gasteiger partial charge on any atom is -0.313 e. The van der Waals surface area contributed by atoms with Crippen LogP contribution in [0, 0.1) is 20.8 Å². The molecule has 0 saturated carbocycles. The number of benzene rings is 1. The number of hydrogen-bond acceptors (Lipinski definition) is 2. The van der Waals surface area contributed by atoms with E-state index in [0.717, 1.165) is 13.1 Å². The summed E-state index contributed by atoms with van der Waals surface area (Å²) in [6.07, 6.45) is 4.78. The molecule has 2 heteroatoms. The van der Waals surface area contributed by atoms with Gasteiger partial charge in [-0.3, -0.25) is 0 Å². The van der Waals surface area contributed by atoms with Crippen LogP contribution in [0.1, 0.15) is 35.1 Å². The van der Waals surface area contributed by atoms with Crippen molar-refractivity contribution in [1.82, 2.24) is 5.32 Å². The average Bonchev–Trinajstić information content (AvgIpc) is 2.26. The highest BCUT2D eigenvalue weighted by molar-refractivity contribution is 7.98. The summed E-state index contributed by atoms with van der Waals surface area (Å²) in [4.78, 5) is 0. The number of thioether (sulfide) groups is 1. The van der Waals surface area contributed by atoms with Gasteiger partial charge in [-0.25, -0.2) is 0 Å². The zero-order valence-electron chi connectivity index (χ0n) is 11.6. The Balaban J connectivity index is 2.36. The fraction of sp³-hybridized carbons (Fsp3) is 0.600. The van der Waals surface area contributed by atoms with E-state index in [1.54, 1.807) is 0 Å². The first kappa shape index (κ1) is 14.6. The van der Waals surface area contributed by atoms with Crippen LogP contribution in [0.2, 0.25) is 0 Å². The average molecular weight is 251 g/mol. The Morgan fingerprint density at radius 3 is 2.29 bits per heavy atom. The third-order valence-corrected chi connectivity index (χ3v) is 3.79. The van der Waals surface area contributed by atoms with Gasteiger partial charge in [0, 0.05) is 6.54 Å². The lowest BCUT2D eigenvalue weighted by molar-refractivity contribution is 0.640. The van der Waals surface area contributed by atoms with E-state index in [1.165, 1.54) is 40.8 Å². The van der Waals surface area contributed by atoms with E-state index >= 15 is 0 Å². The molecule has 1 rings (SSSR count). The summed E-state index contributed by atoms with van der Waals surface area (Å²) in [7, 11) is 0. The number of rotatable bonds is 7. The van der Waals surface area contributed by atoms with Gasteiger partial charge in [0.05, 0.1) is 0 Å². The SMILES string of the molecule is CSCCCCNCc1c(C)cc(C)cc1C. The van der Waals surface area contributed by atoms with Gasteiger partial charge < -0.3 is 5.32 Å². The fourth-order valence-electron chi connectivity index (χ4n) is 2.20. The molecule has 0 fully saturated rings. The summed E-state index contributed by atoms with van der Waals surface area (Å²) in [5, 5.41) is 3.55. The second kappa shape index (κ2) is 7.78. The van der Waals surface area contributed by atoms with Crippen LogP contribution in [-0.4, -0.2) is 18.6 Å². The van der Waals surface area contributed by atoms with Crippen molar-refractivity contribution < 1.29 is 0 Å². The molecule has 0 aliphatic heterocycles. The molecule has 0 radical (unpaired) electrons. The molecular weight excluding hydrogens is 226 g/mol. The van der Waals surface area contributed by atoms with Crippen molar-refractivity contribution in [3.05, 3.63) is 34.4 Å². The van der Waals surface area contributed by atoms with Gasteiger partial charge in [-0.05, 0) is 68.9 Å². The maximum Gasteiger partial charge on any atom is 0.0210 e. The zero-order chi connectivity index (χ0) is 12.7. The molecule has 0 atom stereocenters. The smallest absolute Gasteiger partial charge is 0.0210 e. The van der Waals surface area contributed by atoms with Gasteiger partial charge in [0.1, 0.15) is 0 Å². The van der Waals surface area contributed by atoms with Gasteiger partial charge in [-0.1, -0.05) is 17.7 Å². The Kier molecular flexibility index (Phi) is 6.68. The fourth-order valence-corrected chi connectivity index (χ4v) is 2.69. The highest BCUT2D eigenvalue weighted by atomic mass is 32.2. The van der Waals surface area contributed by atoms with Crippen molar-refractivity contribution in [2.24, 2.45) is 0 Å². The molecule has 1 aromatic carbocycles. The van der Waals surface area contributed by atoms with Gasteiger partial charge in [0.25, 0.3) is 0 Å². The van der Waals surface area contributed by atoms with Crippen LogP contribution in [0.25, 0.3) is 0 Å². The van der Waals surface area contributed by atoms with Gasteiger partial charge >= 0.3 is 0 Å². The summed E-state index contributed by atoms with van der Waals surface area (Å²) < 4.78 is 0. The molecule has 17 heavy (non-hydrogen) atoms. The normalized spacial score (nSPS) is 10.8. The van der Waals surface area contributed by atoms with Crippen LogP contribution in [0.3, 0.4) is 0 Å².